The van der Waals surface area contributed by atoms with E-state index < -0.39 is 0 Å². The average molecular weight is 753 g/mol. The van der Waals surface area contributed by atoms with Crippen molar-refractivity contribution in [2.24, 2.45) is 0 Å². The van der Waals surface area contributed by atoms with Crippen molar-refractivity contribution < 1.29 is 34.3 Å². The van der Waals surface area contributed by atoms with E-state index in [9.17, 15) is 15.2 Å². The molecule has 0 bridgehead atoms. The van der Waals surface area contributed by atoms with Gasteiger partial charge in [-0.15, -0.1) is 24.4 Å². The molecule has 6 rings (SSSR count). The maximum atomic E-state index is 10.2. The molecule has 15 heteroatoms. The molecule has 0 amide bonds. The van der Waals surface area contributed by atoms with Crippen LogP contribution in [0.5, 0.6) is 40.4 Å². The first-order valence-electron chi connectivity index (χ1n) is 14.8. The summed E-state index contributed by atoms with van der Waals surface area (Å²) in [6, 6.07) is 28.9. The lowest BCUT2D eigenvalue weighted by molar-refractivity contribution is 0.112. The number of nitriles is 3. The topological polar surface area (TPSA) is 242 Å². The average Bonchev–Trinajstić information content (AvgIpc) is 3.14. The van der Waals surface area contributed by atoms with Crippen LogP contribution in [-0.2, 0) is 0 Å². The summed E-state index contributed by atoms with van der Waals surface area (Å²) >= 11 is 5.53. The summed E-state index contributed by atoms with van der Waals surface area (Å²) in [5.74, 6) is 2.46. The number of hydrogen-bond acceptors (Lipinski definition) is 15. The molecule has 5 aromatic rings. The van der Waals surface area contributed by atoms with Crippen LogP contribution >= 0.6 is 24.4 Å². The molecule has 0 fully saturated rings. The molecule has 53 heavy (non-hydrogen) atoms. The van der Waals surface area contributed by atoms with E-state index >= 15 is 0 Å². The highest BCUT2D eigenvalue weighted by Gasteiger charge is 2.34. The van der Waals surface area contributed by atoms with Gasteiger partial charge >= 0.3 is 0 Å². The highest BCUT2D eigenvalue weighted by Crippen LogP contribution is 2.54. The number of benzene rings is 4. The third-order valence-electron chi connectivity index (χ3n) is 6.81. The van der Waals surface area contributed by atoms with Crippen LogP contribution in [0, 0.1) is 34.0 Å². The van der Waals surface area contributed by atoms with Crippen molar-refractivity contribution in [2.45, 2.75) is 28.9 Å². The van der Waals surface area contributed by atoms with Crippen LogP contribution in [0.15, 0.2) is 94.7 Å². The third-order valence-corrected chi connectivity index (χ3v) is 8.38. The zero-order chi connectivity index (χ0) is 38.2. The van der Waals surface area contributed by atoms with Gasteiger partial charge in [0.25, 0.3) is 0 Å². The molecule has 7 N–H and O–H groups in total. The predicted molar refractivity (Wildman–Crippen MR) is 205 cm³/mol. The number of nitrogen functional groups attached to an aromatic ring is 2. The molecule has 1 unspecified atom stereocenters. The molecule has 0 saturated carbocycles. The molecule has 1 aromatic heterocycles. The molecule has 1 aliphatic heterocycles. The number of nitrogens with zero attached hydrogens (tertiary/aromatic N) is 4. The van der Waals surface area contributed by atoms with Gasteiger partial charge in [-0.2, -0.15) is 20.8 Å². The molecule has 0 radical (unpaired) electrons. The van der Waals surface area contributed by atoms with Crippen LogP contribution in [0.4, 0.5) is 11.5 Å². The summed E-state index contributed by atoms with van der Waals surface area (Å²) < 4.78 is 16.1. The number of pyridine rings is 1. The number of methoxy groups -OCH3 is 2. The first-order chi connectivity index (χ1) is 25.0. The number of rotatable bonds is 5. The summed E-state index contributed by atoms with van der Waals surface area (Å²) in [6.07, 6.45) is 0.592. The van der Waals surface area contributed by atoms with Gasteiger partial charge in [-0.05, 0) is 66.7 Å². The maximum absolute atomic E-state index is 10.2. The van der Waals surface area contributed by atoms with Gasteiger partial charge in [0.1, 0.15) is 58.4 Å². The lowest BCUT2D eigenvalue weighted by atomic mass is 9.98. The van der Waals surface area contributed by atoms with Gasteiger partial charge in [0, 0.05) is 27.5 Å². The monoisotopic (exact) mass is 752 g/mol. The van der Waals surface area contributed by atoms with Crippen molar-refractivity contribution >= 4 is 42.2 Å². The van der Waals surface area contributed by atoms with E-state index in [-0.39, 0.29) is 64.9 Å². The molecule has 0 saturated heterocycles. The molecule has 272 valence electrons. The van der Waals surface area contributed by atoms with E-state index in [1.807, 2.05) is 30.3 Å². The Morgan fingerprint density at radius 3 is 1.94 bits per heavy atom. The zero-order valence-corrected chi connectivity index (χ0v) is 29.4. The number of ether oxygens (including phenoxy) is 3. The van der Waals surface area contributed by atoms with Gasteiger partial charge < -0.3 is 41.0 Å². The van der Waals surface area contributed by atoms with Gasteiger partial charge in [0.15, 0.2) is 6.29 Å². The quantitative estimate of drug-likeness (QED) is 0.0742. The maximum Gasteiger partial charge on any atom is 0.228 e. The van der Waals surface area contributed by atoms with E-state index in [0.29, 0.717) is 29.1 Å². The summed E-state index contributed by atoms with van der Waals surface area (Å²) in [4.78, 5) is 16.3. The van der Waals surface area contributed by atoms with E-state index in [0.717, 1.165) is 15.4 Å². The Labute approximate surface area is 316 Å². The molecule has 1 atom stereocenters. The van der Waals surface area contributed by atoms with Gasteiger partial charge in [-0.25, -0.2) is 0 Å². The summed E-state index contributed by atoms with van der Waals surface area (Å²) in [6.45, 7) is 0. The number of phenols is 3. The van der Waals surface area contributed by atoms with Gasteiger partial charge in [0.05, 0.1) is 48.4 Å². The number of thioether (sulfide) groups is 1. The zero-order valence-electron chi connectivity index (χ0n) is 27.7. The van der Waals surface area contributed by atoms with Crippen molar-refractivity contribution in [3.8, 4) is 58.6 Å². The number of thiol groups is 1. The normalized spacial score (nSPS) is 11.3. The van der Waals surface area contributed by atoms with Gasteiger partial charge in [0.2, 0.25) is 5.88 Å². The molecule has 13 nitrogen and oxygen atoms in total. The van der Waals surface area contributed by atoms with E-state index in [1.165, 1.54) is 31.0 Å². The number of phenolic OH excluding ortho intramolecular Hbond substituents is 3. The number of fused-ring (bicyclic) bond motifs is 2. The lowest BCUT2D eigenvalue weighted by Crippen LogP contribution is -2.15. The Morgan fingerprint density at radius 1 is 0.887 bits per heavy atom. The first kappa shape index (κ1) is 42.4. The summed E-state index contributed by atoms with van der Waals surface area (Å²) in [5, 5.41) is 51.7. The van der Waals surface area contributed by atoms with E-state index in [2.05, 4.69) is 17.6 Å². The second-order valence-corrected chi connectivity index (χ2v) is 11.9. The van der Waals surface area contributed by atoms with Crippen LogP contribution in [-0.4, -0.2) is 40.8 Å². The van der Waals surface area contributed by atoms with Crippen molar-refractivity contribution in [1.82, 2.24) is 4.98 Å². The predicted octanol–water partition coefficient (Wildman–Crippen LogP) is 7.77. The molecular formula is C38H36N6O7S2. The molecular weight excluding hydrogens is 717 g/mol. The molecule has 0 aliphatic carbocycles. The second kappa shape index (κ2) is 20.8. The van der Waals surface area contributed by atoms with Crippen LogP contribution in [0.1, 0.15) is 46.1 Å². The van der Waals surface area contributed by atoms with Crippen molar-refractivity contribution in [1.29, 1.82) is 15.8 Å². The van der Waals surface area contributed by atoms with Crippen LogP contribution in [0.3, 0.4) is 0 Å². The number of aldehydes is 1. The minimum atomic E-state index is -0.283. The smallest absolute Gasteiger partial charge is 0.228 e. The van der Waals surface area contributed by atoms with Crippen LogP contribution < -0.4 is 25.7 Å². The molecule has 2 heterocycles. The van der Waals surface area contributed by atoms with Crippen LogP contribution in [0.2, 0.25) is 0 Å². The number of carbonyl (C=O) groups excluding carboxylic acids is 1. The van der Waals surface area contributed by atoms with E-state index in [4.69, 9.17) is 46.4 Å². The van der Waals surface area contributed by atoms with E-state index in [1.54, 1.807) is 67.8 Å². The molecule has 0 spiro atoms. The SMILES string of the molecule is C.COc1ccc(C=O)c(O)c1.COc1ccc2c(c1)Oc1nc(N)c(C#N)c(N)c1C2Sc1ccc(O)cc1.N#CCC#N.Oc1ccc(S)cc1. The fraction of sp³-hybridized carbons (Fsp3) is 0.132. The highest BCUT2D eigenvalue weighted by molar-refractivity contribution is 7.99. The Hall–Kier alpha value is -6.73. The number of nitrogens with two attached hydrogens (primary N) is 2. The largest absolute Gasteiger partial charge is 0.508 e. The van der Waals surface area contributed by atoms with Gasteiger partial charge in [-0.1, -0.05) is 13.5 Å². The minimum absolute atomic E-state index is 0. The fourth-order valence-electron chi connectivity index (χ4n) is 4.29. The fourth-order valence-corrected chi connectivity index (χ4v) is 5.67. The highest BCUT2D eigenvalue weighted by atomic mass is 32.2. The summed E-state index contributed by atoms with van der Waals surface area (Å²) in [7, 11) is 3.07. The minimum Gasteiger partial charge on any atom is -0.508 e. The van der Waals surface area contributed by atoms with Crippen molar-refractivity contribution in [3.05, 3.63) is 107 Å². The summed E-state index contributed by atoms with van der Waals surface area (Å²) in [5.41, 5.74) is 14.3. The number of carbonyl (C=O) groups is 1. The Balaban J connectivity index is 0.000000317. The number of aromatic nitrogens is 1. The number of anilines is 2. The molecule has 4 aromatic carbocycles. The third kappa shape index (κ3) is 11.7. The van der Waals surface area contributed by atoms with Crippen molar-refractivity contribution in [2.75, 3.05) is 25.7 Å². The van der Waals surface area contributed by atoms with Crippen LogP contribution in [0.25, 0.3) is 0 Å². The van der Waals surface area contributed by atoms with Gasteiger partial charge in [-0.3, -0.25) is 4.79 Å². The Morgan fingerprint density at radius 2 is 1.45 bits per heavy atom. The second-order valence-electron chi connectivity index (χ2n) is 10.2. The van der Waals surface area contributed by atoms with Crippen molar-refractivity contribution in [3.63, 3.8) is 0 Å². The molecule has 1 aliphatic rings. The number of hydrogen-bond donors (Lipinski definition) is 6. The number of aromatic hydroxyl groups is 3. The standard InChI is InChI=1S/C20H16N4O3S.C8H8O3.C6H6OS.C3H2N2.CH4/c1-26-11-4-7-13-15(8-11)27-20-16(17(22)14(9-21)19(23)24-20)18(13)28-12-5-2-10(25)3-6-12;1-11-7-3-2-6(5-9)8(10)4-7;7-5-1-3-6(8)4-2-5;4-2-1-3-5;/h2-8,18,25H,1H3,(H4,22,23,24);2-5,10H,1H3;1-4,7-8H;1H2;1H4. The lowest BCUT2D eigenvalue weighted by Gasteiger charge is -2.29. The Kier molecular flexibility index (Phi) is 16.7. The Bertz CT molecular complexity index is 2100. The first-order valence-corrected chi connectivity index (χ1v) is 16.2.